The summed E-state index contributed by atoms with van der Waals surface area (Å²) in [5, 5.41) is 9.33. The Labute approximate surface area is 95.7 Å². The van der Waals surface area contributed by atoms with Gasteiger partial charge < -0.3 is 5.11 Å². The van der Waals surface area contributed by atoms with Gasteiger partial charge in [0.25, 0.3) is 0 Å². The van der Waals surface area contributed by atoms with Crippen molar-refractivity contribution in [2.45, 2.75) is 38.9 Å². The summed E-state index contributed by atoms with van der Waals surface area (Å²) in [5.74, 6) is -0.734. The fourth-order valence-electron chi connectivity index (χ4n) is 2.19. The molecule has 0 aromatic heterocycles. The summed E-state index contributed by atoms with van der Waals surface area (Å²) >= 11 is 0. The number of fused-ring (bicyclic) bond motifs is 1. The van der Waals surface area contributed by atoms with Gasteiger partial charge in [0.1, 0.15) is 5.54 Å². The van der Waals surface area contributed by atoms with E-state index in [1.165, 1.54) is 11.1 Å². The van der Waals surface area contributed by atoms with Crippen LogP contribution < -0.4 is 0 Å². The first-order valence-electron chi connectivity index (χ1n) is 5.63. The molecule has 1 heterocycles. The van der Waals surface area contributed by atoms with E-state index in [1.807, 2.05) is 24.0 Å². The minimum absolute atomic E-state index is 0.621. The van der Waals surface area contributed by atoms with Crippen molar-refractivity contribution in [2.24, 2.45) is 0 Å². The minimum Gasteiger partial charge on any atom is -0.480 e. The molecule has 1 aliphatic rings. The van der Waals surface area contributed by atoms with Gasteiger partial charge in [-0.1, -0.05) is 31.2 Å². The van der Waals surface area contributed by atoms with Gasteiger partial charge in [0.15, 0.2) is 0 Å². The van der Waals surface area contributed by atoms with Gasteiger partial charge in [-0.15, -0.1) is 0 Å². The Bertz CT molecular complexity index is 391. The normalized spacial score (nSPS) is 19.1. The fraction of sp³-hybridized carbons (Fsp3) is 0.462. The van der Waals surface area contributed by atoms with E-state index in [0.29, 0.717) is 6.42 Å². The lowest BCUT2D eigenvalue weighted by atomic mass is 9.97. The SMILES string of the molecule is CCC(C)(C(=O)O)N1Cc2ccccc2C1. The molecular weight excluding hydrogens is 202 g/mol. The van der Waals surface area contributed by atoms with Crippen molar-refractivity contribution in [3.05, 3.63) is 35.4 Å². The van der Waals surface area contributed by atoms with Crippen molar-refractivity contribution in [3.8, 4) is 0 Å². The van der Waals surface area contributed by atoms with E-state index in [-0.39, 0.29) is 0 Å². The molecule has 1 aromatic rings. The Hall–Kier alpha value is -1.35. The number of carboxylic acid groups (broad SMARTS) is 1. The standard InChI is InChI=1S/C13H17NO2/c1-3-13(2,12(15)16)14-8-10-6-4-5-7-11(10)9-14/h4-7H,3,8-9H2,1-2H3,(H,15,16). The molecule has 1 atom stereocenters. The molecule has 3 heteroatoms. The van der Waals surface area contributed by atoms with Crippen LogP contribution in [0.1, 0.15) is 31.4 Å². The summed E-state index contributed by atoms with van der Waals surface area (Å²) in [4.78, 5) is 13.4. The Morgan fingerprint density at radius 2 is 1.88 bits per heavy atom. The van der Waals surface area contributed by atoms with Crippen molar-refractivity contribution in [2.75, 3.05) is 0 Å². The summed E-state index contributed by atoms with van der Waals surface area (Å²) in [6.45, 7) is 5.22. The predicted octanol–water partition coefficient (Wildman–Crippen LogP) is 2.26. The number of hydrogen-bond donors (Lipinski definition) is 1. The van der Waals surface area contributed by atoms with E-state index in [9.17, 15) is 9.90 Å². The van der Waals surface area contributed by atoms with Crippen LogP contribution in [-0.2, 0) is 17.9 Å². The summed E-state index contributed by atoms with van der Waals surface area (Å²) in [7, 11) is 0. The van der Waals surface area contributed by atoms with Crippen LogP contribution in [-0.4, -0.2) is 21.5 Å². The Balaban J connectivity index is 2.25. The molecule has 0 fully saturated rings. The van der Waals surface area contributed by atoms with Crippen LogP contribution in [0.3, 0.4) is 0 Å². The van der Waals surface area contributed by atoms with Crippen molar-refractivity contribution >= 4 is 5.97 Å². The van der Waals surface area contributed by atoms with Crippen molar-refractivity contribution in [3.63, 3.8) is 0 Å². The molecule has 0 bridgehead atoms. The number of hydrogen-bond acceptors (Lipinski definition) is 2. The van der Waals surface area contributed by atoms with Gasteiger partial charge in [0, 0.05) is 13.1 Å². The van der Waals surface area contributed by atoms with Crippen LogP contribution in [0.15, 0.2) is 24.3 Å². The number of carboxylic acids is 1. The number of aliphatic carboxylic acids is 1. The van der Waals surface area contributed by atoms with Crippen LogP contribution in [0.5, 0.6) is 0 Å². The van der Waals surface area contributed by atoms with Crippen LogP contribution >= 0.6 is 0 Å². The van der Waals surface area contributed by atoms with E-state index in [4.69, 9.17) is 0 Å². The van der Waals surface area contributed by atoms with E-state index in [1.54, 1.807) is 6.92 Å². The average Bonchev–Trinajstić information content (AvgIpc) is 2.71. The monoisotopic (exact) mass is 219 g/mol. The summed E-state index contributed by atoms with van der Waals surface area (Å²) < 4.78 is 0. The highest BCUT2D eigenvalue weighted by Crippen LogP contribution is 2.31. The zero-order chi connectivity index (χ0) is 11.8. The Kier molecular flexibility index (Phi) is 2.72. The molecule has 1 aromatic carbocycles. The van der Waals surface area contributed by atoms with Crippen LogP contribution in [0.25, 0.3) is 0 Å². The van der Waals surface area contributed by atoms with Crippen LogP contribution in [0.2, 0.25) is 0 Å². The van der Waals surface area contributed by atoms with E-state index >= 15 is 0 Å². The molecule has 0 aliphatic carbocycles. The molecule has 1 N–H and O–H groups in total. The zero-order valence-electron chi connectivity index (χ0n) is 9.73. The second-order valence-corrected chi connectivity index (χ2v) is 4.56. The number of benzene rings is 1. The first-order valence-corrected chi connectivity index (χ1v) is 5.63. The smallest absolute Gasteiger partial charge is 0.323 e. The predicted molar refractivity (Wildman–Crippen MR) is 62.0 cm³/mol. The lowest BCUT2D eigenvalue weighted by molar-refractivity contribution is -0.151. The lowest BCUT2D eigenvalue weighted by Crippen LogP contribution is -2.49. The third-order valence-electron chi connectivity index (χ3n) is 3.69. The number of nitrogens with zero attached hydrogens (tertiary/aromatic N) is 1. The highest BCUT2D eigenvalue weighted by atomic mass is 16.4. The zero-order valence-corrected chi connectivity index (χ0v) is 9.73. The summed E-state index contributed by atoms with van der Waals surface area (Å²) in [5.41, 5.74) is 1.76. The lowest BCUT2D eigenvalue weighted by Gasteiger charge is -2.33. The number of carbonyl (C=O) groups is 1. The largest absolute Gasteiger partial charge is 0.480 e. The highest BCUT2D eigenvalue weighted by Gasteiger charge is 2.40. The van der Waals surface area contributed by atoms with E-state index in [0.717, 1.165) is 13.1 Å². The Morgan fingerprint density at radius 1 is 1.38 bits per heavy atom. The molecule has 0 spiro atoms. The van der Waals surface area contributed by atoms with E-state index < -0.39 is 11.5 Å². The maximum Gasteiger partial charge on any atom is 0.323 e. The van der Waals surface area contributed by atoms with Crippen molar-refractivity contribution in [1.29, 1.82) is 0 Å². The van der Waals surface area contributed by atoms with Crippen LogP contribution in [0, 0.1) is 0 Å². The van der Waals surface area contributed by atoms with Gasteiger partial charge in [-0.3, -0.25) is 9.69 Å². The molecule has 1 aliphatic heterocycles. The van der Waals surface area contributed by atoms with E-state index in [2.05, 4.69) is 12.1 Å². The summed E-state index contributed by atoms with van der Waals surface area (Å²) in [6, 6.07) is 8.17. The maximum atomic E-state index is 11.3. The average molecular weight is 219 g/mol. The second-order valence-electron chi connectivity index (χ2n) is 4.56. The topological polar surface area (TPSA) is 40.5 Å². The molecule has 2 rings (SSSR count). The van der Waals surface area contributed by atoms with Gasteiger partial charge >= 0.3 is 5.97 Å². The molecule has 16 heavy (non-hydrogen) atoms. The molecule has 3 nitrogen and oxygen atoms in total. The fourth-order valence-corrected chi connectivity index (χ4v) is 2.19. The van der Waals surface area contributed by atoms with Gasteiger partial charge in [-0.25, -0.2) is 0 Å². The third-order valence-corrected chi connectivity index (χ3v) is 3.69. The van der Waals surface area contributed by atoms with Gasteiger partial charge in [0.05, 0.1) is 0 Å². The maximum absolute atomic E-state index is 11.3. The molecular formula is C13H17NO2. The third kappa shape index (κ3) is 1.61. The van der Waals surface area contributed by atoms with Crippen molar-refractivity contribution in [1.82, 2.24) is 4.90 Å². The molecule has 0 amide bonds. The molecule has 86 valence electrons. The molecule has 1 unspecified atom stereocenters. The summed E-state index contributed by atoms with van der Waals surface area (Å²) in [6.07, 6.45) is 0.621. The first-order chi connectivity index (χ1) is 7.58. The number of rotatable bonds is 3. The van der Waals surface area contributed by atoms with Gasteiger partial charge in [-0.2, -0.15) is 0 Å². The second kappa shape index (κ2) is 3.91. The highest BCUT2D eigenvalue weighted by molar-refractivity contribution is 5.78. The van der Waals surface area contributed by atoms with Gasteiger partial charge in [-0.05, 0) is 24.5 Å². The van der Waals surface area contributed by atoms with Crippen LogP contribution in [0.4, 0.5) is 0 Å². The van der Waals surface area contributed by atoms with Gasteiger partial charge in [0.2, 0.25) is 0 Å². The van der Waals surface area contributed by atoms with Crippen molar-refractivity contribution < 1.29 is 9.90 Å². The molecule has 0 saturated carbocycles. The minimum atomic E-state index is -0.751. The quantitative estimate of drug-likeness (QED) is 0.847. The Morgan fingerprint density at radius 3 is 2.25 bits per heavy atom. The molecule has 0 saturated heterocycles. The first kappa shape index (κ1) is 11.1. The molecule has 0 radical (unpaired) electrons.